The van der Waals surface area contributed by atoms with E-state index in [0.717, 1.165) is 5.56 Å². The van der Waals surface area contributed by atoms with Crippen molar-refractivity contribution in [1.82, 2.24) is 0 Å². The number of rotatable bonds is 5. The second-order valence-electron chi connectivity index (χ2n) is 5.54. The van der Waals surface area contributed by atoms with Crippen molar-refractivity contribution >= 4 is 0 Å². The predicted octanol–water partition coefficient (Wildman–Crippen LogP) is 5.86. The van der Waals surface area contributed by atoms with Crippen molar-refractivity contribution in [3.8, 4) is 0 Å². The first kappa shape index (κ1) is 19.3. The van der Waals surface area contributed by atoms with Crippen LogP contribution >= 0.6 is 0 Å². The molecule has 0 bridgehead atoms. The topological polar surface area (TPSA) is 9.23 Å². The molecular formula is C18H15F6O. The van der Waals surface area contributed by atoms with E-state index in [-0.39, 0.29) is 30.8 Å². The maximum absolute atomic E-state index is 12.8. The van der Waals surface area contributed by atoms with Crippen LogP contribution in [0.4, 0.5) is 26.3 Å². The largest absolute Gasteiger partial charge is 0.416 e. The standard InChI is InChI=1S/C18H15F6O/c1-12(14-5-3-2-4-6-14)10-25-11-13-7-15(17(19,20)21)9-16(8-13)18(22,23)24/h2-9,12H,1,10-11H2. The minimum Gasteiger partial charge on any atom is -0.376 e. The van der Waals surface area contributed by atoms with Crippen LogP contribution in [0.3, 0.4) is 0 Å². The Morgan fingerprint density at radius 3 is 1.84 bits per heavy atom. The normalized spacial score (nSPS) is 13.7. The lowest BCUT2D eigenvalue weighted by Gasteiger charge is -2.16. The molecule has 1 radical (unpaired) electrons. The Balaban J connectivity index is 2.11. The zero-order valence-electron chi connectivity index (χ0n) is 13.0. The van der Waals surface area contributed by atoms with E-state index in [9.17, 15) is 26.3 Å². The number of alkyl halides is 6. The van der Waals surface area contributed by atoms with Crippen LogP contribution in [0.2, 0.25) is 0 Å². The monoisotopic (exact) mass is 361 g/mol. The van der Waals surface area contributed by atoms with Gasteiger partial charge in [-0.2, -0.15) is 26.3 Å². The van der Waals surface area contributed by atoms with E-state index in [1.54, 1.807) is 12.1 Å². The Hall–Kier alpha value is -2.02. The molecule has 0 aromatic heterocycles. The molecule has 1 nitrogen and oxygen atoms in total. The van der Waals surface area contributed by atoms with E-state index < -0.39 is 23.5 Å². The summed E-state index contributed by atoms with van der Waals surface area (Å²) in [5.74, 6) is -0.283. The molecule has 0 aliphatic carbocycles. The summed E-state index contributed by atoms with van der Waals surface area (Å²) in [4.78, 5) is 0. The molecule has 1 atom stereocenters. The van der Waals surface area contributed by atoms with Gasteiger partial charge in [-0.05, 0) is 36.2 Å². The molecule has 0 aliphatic rings. The summed E-state index contributed by atoms with van der Waals surface area (Å²) >= 11 is 0. The summed E-state index contributed by atoms with van der Waals surface area (Å²) in [6.45, 7) is 3.57. The molecule has 135 valence electrons. The van der Waals surface area contributed by atoms with Gasteiger partial charge in [0.1, 0.15) is 0 Å². The third-order valence-electron chi connectivity index (χ3n) is 3.51. The highest BCUT2D eigenvalue weighted by Crippen LogP contribution is 2.36. The Bertz CT molecular complexity index is 659. The molecule has 2 rings (SSSR count). The molecular weight excluding hydrogens is 346 g/mol. The molecule has 1 unspecified atom stereocenters. The first-order valence-electron chi connectivity index (χ1n) is 7.31. The Morgan fingerprint density at radius 2 is 1.36 bits per heavy atom. The first-order chi connectivity index (χ1) is 11.6. The van der Waals surface area contributed by atoms with Crippen molar-refractivity contribution in [2.45, 2.75) is 24.9 Å². The van der Waals surface area contributed by atoms with E-state index in [4.69, 9.17) is 4.74 Å². The number of hydrogen-bond donors (Lipinski definition) is 0. The zero-order valence-corrected chi connectivity index (χ0v) is 13.0. The zero-order chi connectivity index (χ0) is 18.7. The third-order valence-corrected chi connectivity index (χ3v) is 3.51. The summed E-state index contributed by atoms with van der Waals surface area (Å²) in [6, 6.07) is 10.5. The smallest absolute Gasteiger partial charge is 0.376 e. The van der Waals surface area contributed by atoms with E-state index in [0.29, 0.717) is 12.1 Å². The van der Waals surface area contributed by atoms with Crippen LogP contribution in [-0.2, 0) is 23.7 Å². The Labute approximate surface area is 141 Å². The molecule has 0 saturated heterocycles. The lowest BCUT2D eigenvalue weighted by atomic mass is 10.0. The molecule has 0 aliphatic heterocycles. The van der Waals surface area contributed by atoms with Crippen LogP contribution in [0.15, 0.2) is 48.5 Å². The van der Waals surface area contributed by atoms with Gasteiger partial charge in [-0.3, -0.25) is 0 Å². The molecule has 0 N–H and O–H groups in total. The second-order valence-corrected chi connectivity index (χ2v) is 5.54. The molecule has 7 heteroatoms. The number of benzene rings is 2. The summed E-state index contributed by atoms with van der Waals surface area (Å²) < 4.78 is 82.0. The second kappa shape index (κ2) is 7.47. The molecule has 2 aromatic carbocycles. The summed E-state index contributed by atoms with van der Waals surface area (Å²) in [5.41, 5.74) is -2.03. The average molecular weight is 361 g/mol. The van der Waals surface area contributed by atoms with Gasteiger partial charge in [0.25, 0.3) is 0 Å². The van der Waals surface area contributed by atoms with Crippen molar-refractivity contribution < 1.29 is 31.1 Å². The SMILES string of the molecule is [CH2]C(COCc1cc(C(F)(F)F)cc(C(F)(F)F)c1)c1ccccc1. The van der Waals surface area contributed by atoms with Gasteiger partial charge in [0.15, 0.2) is 0 Å². The van der Waals surface area contributed by atoms with Crippen molar-refractivity contribution in [3.05, 3.63) is 77.7 Å². The van der Waals surface area contributed by atoms with Gasteiger partial charge in [-0.25, -0.2) is 0 Å². The number of ether oxygens (including phenoxy) is 1. The quantitative estimate of drug-likeness (QED) is 0.606. The van der Waals surface area contributed by atoms with Crippen LogP contribution in [-0.4, -0.2) is 6.61 Å². The third kappa shape index (κ3) is 5.49. The molecule has 2 aromatic rings. The van der Waals surface area contributed by atoms with Gasteiger partial charge in [0, 0.05) is 5.92 Å². The van der Waals surface area contributed by atoms with Gasteiger partial charge >= 0.3 is 12.4 Å². The summed E-state index contributed by atoms with van der Waals surface area (Å²) in [6.07, 6.45) is -9.73. The molecule has 0 spiro atoms. The maximum Gasteiger partial charge on any atom is 0.416 e. The molecule has 0 saturated carbocycles. The minimum atomic E-state index is -4.87. The van der Waals surface area contributed by atoms with Gasteiger partial charge in [-0.15, -0.1) is 0 Å². The lowest BCUT2D eigenvalue weighted by Crippen LogP contribution is -2.12. The fourth-order valence-corrected chi connectivity index (χ4v) is 2.24. The lowest BCUT2D eigenvalue weighted by molar-refractivity contribution is -0.143. The molecule has 25 heavy (non-hydrogen) atoms. The molecule has 0 amide bonds. The summed E-state index contributed by atoms with van der Waals surface area (Å²) in [7, 11) is 0. The van der Waals surface area contributed by atoms with Crippen molar-refractivity contribution in [3.63, 3.8) is 0 Å². The Kier molecular flexibility index (Phi) is 5.77. The molecule has 0 heterocycles. The van der Waals surface area contributed by atoms with Gasteiger partial charge in [-0.1, -0.05) is 30.3 Å². The van der Waals surface area contributed by atoms with Crippen molar-refractivity contribution in [2.75, 3.05) is 6.61 Å². The van der Waals surface area contributed by atoms with E-state index in [2.05, 4.69) is 6.92 Å². The van der Waals surface area contributed by atoms with Crippen molar-refractivity contribution in [1.29, 1.82) is 0 Å². The fraction of sp³-hybridized carbons (Fsp3) is 0.278. The van der Waals surface area contributed by atoms with Crippen LogP contribution in [0, 0.1) is 6.92 Å². The highest BCUT2D eigenvalue weighted by Gasteiger charge is 2.36. The number of halogens is 6. The van der Waals surface area contributed by atoms with E-state index >= 15 is 0 Å². The first-order valence-corrected chi connectivity index (χ1v) is 7.31. The predicted molar refractivity (Wildman–Crippen MR) is 80.6 cm³/mol. The highest BCUT2D eigenvalue weighted by molar-refractivity contribution is 5.33. The number of hydrogen-bond acceptors (Lipinski definition) is 1. The average Bonchev–Trinajstić information content (AvgIpc) is 2.53. The fourth-order valence-electron chi connectivity index (χ4n) is 2.24. The summed E-state index contributed by atoms with van der Waals surface area (Å²) in [5, 5.41) is 0. The Morgan fingerprint density at radius 1 is 0.840 bits per heavy atom. The van der Waals surface area contributed by atoms with Gasteiger partial charge < -0.3 is 4.74 Å². The minimum absolute atomic E-state index is 0.0710. The van der Waals surface area contributed by atoms with Crippen LogP contribution in [0.5, 0.6) is 0 Å². The van der Waals surface area contributed by atoms with Gasteiger partial charge in [0.05, 0.1) is 24.3 Å². The van der Waals surface area contributed by atoms with Gasteiger partial charge in [0.2, 0.25) is 0 Å². The van der Waals surface area contributed by atoms with Crippen molar-refractivity contribution in [2.24, 2.45) is 0 Å². The maximum atomic E-state index is 12.8. The van der Waals surface area contributed by atoms with Crippen LogP contribution < -0.4 is 0 Å². The highest BCUT2D eigenvalue weighted by atomic mass is 19.4. The van der Waals surface area contributed by atoms with E-state index in [1.165, 1.54) is 0 Å². The van der Waals surface area contributed by atoms with Crippen LogP contribution in [0.25, 0.3) is 0 Å². The molecule has 0 fully saturated rings. The van der Waals surface area contributed by atoms with E-state index in [1.807, 2.05) is 18.2 Å². The van der Waals surface area contributed by atoms with Crippen LogP contribution in [0.1, 0.15) is 28.2 Å².